The molecule has 0 amide bonds. The maximum atomic E-state index is 6.11. The number of anilines is 3. The number of furan rings is 1. The van der Waals surface area contributed by atoms with Gasteiger partial charge in [0.25, 0.3) is 0 Å². The van der Waals surface area contributed by atoms with Crippen LogP contribution in [0.2, 0.25) is 0 Å². The molecule has 0 saturated heterocycles. The van der Waals surface area contributed by atoms with Crippen molar-refractivity contribution in [2.75, 3.05) is 4.90 Å². The van der Waals surface area contributed by atoms with E-state index in [1.165, 1.54) is 16.5 Å². The molecule has 0 saturated carbocycles. The van der Waals surface area contributed by atoms with Crippen molar-refractivity contribution >= 4 is 49.8 Å². The average molecular weight is 463 g/mol. The standard InChI is InChI=1S/C33H22N2O/c1-3-8-23(9-4-1)24-14-16-26(17-15-24)35(25-10-5-2-6-11-25)30-13-7-12-28-27(30)18-19-31-33(28)29-20-21-34-22-32(29)36-31/h1-22H. The highest BCUT2D eigenvalue weighted by atomic mass is 16.3. The predicted octanol–water partition coefficient (Wildman–Crippen LogP) is 9.27. The van der Waals surface area contributed by atoms with E-state index in [4.69, 9.17) is 4.42 Å². The quantitative estimate of drug-likeness (QED) is 0.261. The van der Waals surface area contributed by atoms with Gasteiger partial charge in [0, 0.05) is 33.7 Å². The number of hydrogen-bond acceptors (Lipinski definition) is 3. The van der Waals surface area contributed by atoms with Crippen LogP contribution < -0.4 is 4.90 Å². The molecule has 170 valence electrons. The van der Waals surface area contributed by atoms with Gasteiger partial charge in [0.1, 0.15) is 5.58 Å². The van der Waals surface area contributed by atoms with Crippen LogP contribution in [0, 0.1) is 0 Å². The Balaban J connectivity index is 1.45. The van der Waals surface area contributed by atoms with E-state index in [1.807, 2.05) is 18.3 Å². The highest BCUT2D eigenvalue weighted by Gasteiger charge is 2.18. The molecule has 3 heteroatoms. The summed E-state index contributed by atoms with van der Waals surface area (Å²) < 4.78 is 6.11. The lowest BCUT2D eigenvalue weighted by atomic mass is 10.0. The zero-order chi connectivity index (χ0) is 23.9. The Morgan fingerprint density at radius 2 is 1.22 bits per heavy atom. The second kappa shape index (κ2) is 8.40. The molecular weight excluding hydrogens is 440 g/mol. The first kappa shape index (κ1) is 20.5. The van der Waals surface area contributed by atoms with E-state index in [9.17, 15) is 0 Å². The molecule has 0 unspecified atom stereocenters. The highest BCUT2D eigenvalue weighted by Crippen LogP contribution is 2.42. The lowest BCUT2D eigenvalue weighted by Crippen LogP contribution is -2.10. The summed E-state index contributed by atoms with van der Waals surface area (Å²) in [5.41, 5.74) is 7.43. The van der Waals surface area contributed by atoms with Crippen LogP contribution in [0.5, 0.6) is 0 Å². The number of aromatic nitrogens is 1. The fourth-order valence-electron chi connectivity index (χ4n) is 5.10. The van der Waals surface area contributed by atoms with E-state index in [0.29, 0.717) is 0 Å². The summed E-state index contributed by atoms with van der Waals surface area (Å²) in [7, 11) is 0. The maximum absolute atomic E-state index is 6.11. The first-order valence-corrected chi connectivity index (χ1v) is 12.1. The van der Waals surface area contributed by atoms with Crippen molar-refractivity contribution in [1.82, 2.24) is 4.98 Å². The molecule has 5 aromatic carbocycles. The number of hydrogen-bond donors (Lipinski definition) is 0. The summed E-state index contributed by atoms with van der Waals surface area (Å²) in [5, 5.41) is 4.54. The van der Waals surface area contributed by atoms with Gasteiger partial charge in [-0.1, -0.05) is 72.8 Å². The van der Waals surface area contributed by atoms with Gasteiger partial charge in [-0.15, -0.1) is 0 Å². The molecule has 0 atom stereocenters. The molecular formula is C33H22N2O. The summed E-state index contributed by atoms with van der Waals surface area (Å²) in [5.74, 6) is 0. The zero-order valence-corrected chi connectivity index (χ0v) is 19.5. The van der Waals surface area contributed by atoms with E-state index in [-0.39, 0.29) is 0 Å². The van der Waals surface area contributed by atoms with Gasteiger partial charge >= 0.3 is 0 Å². The lowest BCUT2D eigenvalue weighted by molar-refractivity contribution is 0.667. The third kappa shape index (κ3) is 3.33. The molecule has 0 N–H and O–H groups in total. The number of pyridine rings is 1. The SMILES string of the molecule is c1ccc(-c2ccc(N(c3ccccc3)c3cccc4c3ccc3oc5cnccc5c34)cc2)cc1. The number of para-hydroxylation sites is 1. The largest absolute Gasteiger partial charge is 0.454 e. The van der Waals surface area contributed by atoms with Crippen molar-refractivity contribution in [3.8, 4) is 11.1 Å². The molecule has 7 rings (SSSR count). The van der Waals surface area contributed by atoms with Crippen LogP contribution in [0.15, 0.2) is 138 Å². The van der Waals surface area contributed by atoms with E-state index >= 15 is 0 Å². The fraction of sp³-hybridized carbons (Fsp3) is 0. The van der Waals surface area contributed by atoms with E-state index in [1.54, 1.807) is 6.20 Å². The highest BCUT2D eigenvalue weighted by molar-refractivity contribution is 6.21. The molecule has 0 radical (unpaired) electrons. The Hall–Kier alpha value is -4.89. The lowest BCUT2D eigenvalue weighted by Gasteiger charge is -2.27. The Labute approximate surface area is 208 Å². The van der Waals surface area contributed by atoms with Crippen LogP contribution in [0.4, 0.5) is 17.1 Å². The summed E-state index contributed by atoms with van der Waals surface area (Å²) in [4.78, 5) is 6.57. The van der Waals surface area contributed by atoms with Crippen molar-refractivity contribution in [3.63, 3.8) is 0 Å². The van der Waals surface area contributed by atoms with Gasteiger partial charge < -0.3 is 9.32 Å². The Bertz CT molecular complexity index is 1820. The maximum Gasteiger partial charge on any atom is 0.153 e. The average Bonchev–Trinajstić information content (AvgIpc) is 3.34. The molecule has 0 spiro atoms. The minimum atomic E-state index is 0.807. The molecule has 36 heavy (non-hydrogen) atoms. The first-order valence-electron chi connectivity index (χ1n) is 12.1. The predicted molar refractivity (Wildman–Crippen MR) is 149 cm³/mol. The summed E-state index contributed by atoms with van der Waals surface area (Å²) in [6.45, 7) is 0. The third-order valence-corrected chi connectivity index (χ3v) is 6.76. The molecule has 7 aromatic rings. The van der Waals surface area contributed by atoms with Crippen molar-refractivity contribution in [2.24, 2.45) is 0 Å². The van der Waals surface area contributed by atoms with Crippen molar-refractivity contribution in [3.05, 3.63) is 134 Å². The summed E-state index contributed by atoms with van der Waals surface area (Å²) in [6, 6.07) is 42.6. The van der Waals surface area contributed by atoms with Gasteiger partial charge in [-0.3, -0.25) is 4.98 Å². The zero-order valence-electron chi connectivity index (χ0n) is 19.5. The van der Waals surface area contributed by atoms with E-state index in [0.717, 1.165) is 44.4 Å². The van der Waals surface area contributed by atoms with Gasteiger partial charge in [0.2, 0.25) is 0 Å². The topological polar surface area (TPSA) is 29.3 Å². The Morgan fingerprint density at radius 1 is 0.500 bits per heavy atom. The number of benzene rings is 5. The number of fused-ring (bicyclic) bond motifs is 5. The van der Waals surface area contributed by atoms with Gasteiger partial charge in [0.15, 0.2) is 5.58 Å². The van der Waals surface area contributed by atoms with Crippen LogP contribution >= 0.6 is 0 Å². The van der Waals surface area contributed by atoms with Gasteiger partial charge in [-0.05, 0) is 65.0 Å². The molecule has 0 fully saturated rings. The van der Waals surface area contributed by atoms with Gasteiger partial charge in [0.05, 0.1) is 11.9 Å². The third-order valence-electron chi connectivity index (χ3n) is 6.76. The van der Waals surface area contributed by atoms with Crippen LogP contribution in [0.25, 0.3) is 43.8 Å². The summed E-state index contributed by atoms with van der Waals surface area (Å²) in [6.07, 6.45) is 3.61. The fourth-order valence-corrected chi connectivity index (χ4v) is 5.10. The van der Waals surface area contributed by atoms with E-state index < -0.39 is 0 Å². The molecule has 0 aliphatic carbocycles. The van der Waals surface area contributed by atoms with Gasteiger partial charge in [-0.2, -0.15) is 0 Å². The van der Waals surface area contributed by atoms with Crippen molar-refractivity contribution < 1.29 is 4.42 Å². The molecule has 0 aliphatic heterocycles. The second-order valence-electron chi connectivity index (χ2n) is 8.87. The Kier molecular flexibility index (Phi) is 4.78. The monoisotopic (exact) mass is 462 g/mol. The second-order valence-corrected chi connectivity index (χ2v) is 8.87. The van der Waals surface area contributed by atoms with Crippen molar-refractivity contribution in [1.29, 1.82) is 0 Å². The minimum absolute atomic E-state index is 0.807. The van der Waals surface area contributed by atoms with E-state index in [2.05, 4.69) is 119 Å². The minimum Gasteiger partial charge on any atom is -0.454 e. The van der Waals surface area contributed by atoms with Gasteiger partial charge in [-0.25, -0.2) is 0 Å². The number of rotatable bonds is 4. The molecule has 0 bridgehead atoms. The molecule has 2 heterocycles. The first-order chi connectivity index (χ1) is 17.9. The number of nitrogens with zero attached hydrogens (tertiary/aromatic N) is 2. The smallest absolute Gasteiger partial charge is 0.153 e. The molecule has 2 aromatic heterocycles. The summed E-state index contributed by atoms with van der Waals surface area (Å²) >= 11 is 0. The molecule has 3 nitrogen and oxygen atoms in total. The van der Waals surface area contributed by atoms with Crippen molar-refractivity contribution in [2.45, 2.75) is 0 Å². The van der Waals surface area contributed by atoms with Crippen LogP contribution in [-0.4, -0.2) is 4.98 Å². The van der Waals surface area contributed by atoms with Crippen LogP contribution in [0.1, 0.15) is 0 Å². The van der Waals surface area contributed by atoms with Crippen LogP contribution in [-0.2, 0) is 0 Å². The Morgan fingerprint density at radius 3 is 2.03 bits per heavy atom. The normalized spacial score (nSPS) is 11.3. The van der Waals surface area contributed by atoms with Crippen LogP contribution in [0.3, 0.4) is 0 Å². The molecule has 0 aliphatic rings.